The maximum absolute atomic E-state index is 4.50. The minimum atomic E-state index is 0.631. The van der Waals surface area contributed by atoms with Gasteiger partial charge in [-0.2, -0.15) is 5.10 Å². The van der Waals surface area contributed by atoms with Crippen molar-refractivity contribution in [1.82, 2.24) is 15.1 Å². The van der Waals surface area contributed by atoms with Gasteiger partial charge in [0.1, 0.15) is 0 Å². The number of hydrogen-bond donors (Lipinski definition) is 1. The van der Waals surface area contributed by atoms with Gasteiger partial charge in [-0.25, -0.2) is 4.68 Å². The fourth-order valence-corrected chi connectivity index (χ4v) is 3.13. The number of para-hydroxylation sites is 1. The summed E-state index contributed by atoms with van der Waals surface area (Å²) in [6.07, 6.45) is 5.68. The molecular weight excluding hydrogens is 234 g/mol. The molecular formula is C16H21N3. The largest absolute Gasteiger partial charge is 0.314 e. The molecule has 0 aliphatic heterocycles. The van der Waals surface area contributed by atoms with Crippen molar-refractivity contribution < 1.29 is 0 Å². The Morgan fingerprint density at radius 2 is 2.05 bits per heavy atom. The fraction of sp³-hybridized carbons (Fsp3) is 0.438. The molecule has 100 valence electrons. The topological polar surface area (TPSA) is 29.9 Å². The number of nitrogens with one attached hydrogen (secondary N) is 1. The third-order valence-corrected chi connectivity index (χ3v) is 4.02. The molecule has 2 unspecified atom stereocenters. The zero-order chi connectivity index (χ0) is 13.1. The standard InChI is InChI=1S/C16H21N3/c1-2-17-14-9-8-13(12-14)16-10-11-18-19(16)15-6-4-3-5-7-15/h3-7,10-11,13-14,17H,2,8-9,12H2,1H3. The number of benzene rings is 1. The maximum atomic E-state index is 4.50. The lowest BCUT2D eigenvalue weighted by Crippen LogP contribution is -2.25. The Morgan fingerprint density at radius 3 is 2.84 bits per heavy atom. The van der Waals surface area contributed by atoms with Crippen LogP contribution >= 0.6 is 0 Å². The number of nitrogens with zero attached hydrogens (tertiary/aromatic N) is 2. The predicted molar refractivity (Wildman–Crippen MR) is 77.6 cm³/mol. The fourth-order valence-electron chi connectivity index (χ4n) is 3.13. The number of hydrogen-bond acceptors (Lipinski definition) is 2. The summed E-state index contributed by atoms with van der Waals surface area (Å²) in [7, 11) is 0. The normalized spacial score (nSPS) is 22.8. The van der Waals surface area contributed by atoms with E-state index in [1.165, 1.54) is 25.0 Å². The molecule has 1 aliphatic rings. The molecule has 0 radical (unpaired) electrons. The van der Waals surface area contributed by atoms with Crippen LogP contribution in [0.1, 0.15) is 37.8 Å². The molecule has 19 heavy (non-hydrogen) atoms. The van der Waals surface area contributed by atoms with E-state index in [2.05, 4.69) is 52.4 Å². The Morgan fingerprint density at radius 1 is 1.21 bits per heavy atom. The van der Waals surface area contributed by atoms with Gasteiger partial charge in [0.25, 0.3) is 0 Å². The SMILES string of the molecule is CCNC1CCC(c2ccnn2-c2ccccc2)C1. The second kappa shape index (κ2) is 5.57. The highest BCUT2D eigenvalue weighted by Crippen LogP contribution is 2.35. The monoisotopic (exact) mass is 255 g/mol. The first kappa shape index (κ1) is 12.4. The lowest BCUT2D eigenvalue weighted by Gasteiger charge is -2.14. The maximum Gasteiger partial charge on any atom is 0.0648 e. The van der Waals surface area contributed by atoms with Gasteiger partial charge in [-0.3, -0.25) is 0 Å². The van der Waals surface area contributed by atoms with E-state index in [0.717, 1.165) is 12.2 Å². The van der Waals surface area contributed by atoms with Crippen LogP contribution in [0.3, 0.4) is 0 Å². The highest BCUT2D eigenvalue weighted by atomic mass is 15.3. The van der Waals surface area contributed by atoms with Crippen LogP contribution in [0.15, 0.2) is 42.6 Å². The Bertz CT molecular complexity index is 518. The van der Waals surface area contributed by atoms with Crippen LogP contribution in [0, 0.1) is 0 Å². The number of aromatic nitrogens is 2. The molecule has 1 aromatic carbocycles. The van der Waals surface area contributed by atoms with Crippen molar-refractivity contribution >= 4 is 0 Å². The van der Waals surface area contributed by atoms with Crippen LogP contribution in [0.4, 0.5) is 0 Å². The van der Waals surface area contributed by atoms with Gasteiger partial charge < -0.3 is 5.32 Å². The van der Waals surface area contributed by atoms with Gasteiger partial charge in [0.15, 0.2) is 0 Å². The van der Waals surface area contributed by atoms with Crippen molar-refractivity contribution in [3.63, 3.8) is 0 Å². The quantitative estimate of drug-likeness (QED) is 0.909. The molecule has 1 aromatic heterocycles. The molecule has 1 saturated carbocycles. The van der Waals surface area contributed by atoms with Crippen molar-refractivity contribution in [3.05, 3.63) is 48.3 Å². The first-order chi connectivity index (χ1) is 9.38. The van der Waals surface area contributed by atoms with E-state index in [1.807, 2.05) is 12.3 Å². The van der Waals surface area contributed by atoms with E-state index < -0.39 is 0 Å². The molecule has 2 atom stereocenters. The van der Waals surface area contributed by atoms with Crippen LogP contribution in [0.5, 0.6) is 0 Å². The van der Waals surface area contributed by atoms with Crippen molar-refractivity contribution in [2.24, 2.45) is 0 Å². The van der Waals surface area contributed by atoms with Gasteiger partial charge in [0.2, 0.25) is 0 Å². The molecule has 1 heterocycles. The third-order valence-electron chi connectivity index (χ3n) is 4.02. The molecule has 3 heteroatoms. The van der Waals surface area contributed by atoms with Crippen molar-refractivity contribution in [3.8, 4) is 5.69 Å². The summed E-state index contributed by atoms with van der Waals surface area (Å²) in [6.45, 7) is 3.25. The van der Waals surface area contributed by atoms with E-state index in [1.54, 1.807) is 0 Å². The summed E-state index contributed by atoms with van der Waals surface area (Å²) in [4.78, 5) is 0. The summed E-state index contributed by atoms with van der Waals surface area (Å²) in [5, 5.41) is 8.06. The van der Waals surface area contributed by atoms with E-state index in [9.17, 15) is 0 Å². The van der Waals surface area contributed by atoms with Crippen molar-refractivity contribution in [1.29, 1.82) is 0 Å². The Hall–Kier alpha value is -1.61. The molecule has 0 amide bonds. The highest BCUT2D eigenvalue weighted by molar-refractivity contribution is 5.33. The van der Waals surface area contributed by atoms with Gasteiger partial charge in [0, 0.05) is 23.9 Å². The van der Waals surface area contributed by atoms with E-state index in [4.69, 9.17) is 0 Å². The van der Waals surface area contributed by atoms with Crippen molar-refractivity contribution in [2.45, 2.75) is 38.1 Å². The average molecular weight is 255 g/mol. The zero-order valence-electron chi connectivity index (χ0n) is 11.4. The first-order valence-corrected chi connectivity index (χ1v) is 7.21. The Labute approximate surface area is 114 Å². The summed E-state index contributed by atoms with van der Waals surface area (Å²) < 4.78 is 2.10. The van der Waals surface area contributed by atoms with Crippen LogP contribution < -0.4 is 5.32 Å². The molecule has 0 spiro atoms. The highest BCUT2D eigenvalue weighted by Gasteiger charge is 2.27. The van der Waals surface area contributed by atoms with Crippen molar-refractivity contribution in [2.75, 3.05) is 6.54 Å². The summed E-state index contributed by atoms with van der Waals surface area (Å²) in [5.74, 6) is 0.631. The van der Waals surface area contributed by atoms with E-state index in [-0.39, 0.29) is 0 Å². The second-order valence-electron chi connectivity index (χ2n) is 5.27. The molecule has 1 aliphatic carbocycles. The van der Waals surface area contributed by atoms with E-state index >= 15 is 0 Å². The lowest BCUT2D eigenvalue weighted by molar-refractivity contribution is 0.531. The first-order valence-electron chi connectivity index (χ1n) is 7.21. The molecule has 3 nitrogen and oxygen atoms in total. The van der Waals surface area contributed by atoms with Crippen LogP contribution in [0.25, 0.3) is 5.69 Å². The smallest absolute Gasteiger partial charge is 0.0648 e. The van der Waals surface area contributed by atoms with Gasteiger partial charge in [-0.1, -0.05) is 25.1 Å². The van der Waals surface area contributed by atoms with Gasteiger partial charge in [-0.05, 0) is 44.0 Å². The Kier molecular flexibility index (Phi) is 3.65. The Balaban J connectivity index is 1.82. The predicted octanol–water partition coefficient (Wildman–Crippen LogP) is 3.12. The molecule has 1 fully saturated rings. The van der Waals surface area contributed by atoms with Crippen LogP contribution in [0.2, 0.25) is 0 Å². The molecule has 2 aromatic rings. The number of rotatable bonds is 4. The summed E-state index contributed by atoms with van der Waals surface area (Å²) in [6, 6.07) is 13.3. The van der Waals surface area contributed by atoms with E-state index in [0.29, 0.717) is 12.0 Å². The zero-order valence-corrected chi connectivity index (χ0v) is 11.4. The molecule has 1 N–H and O–H groups in total. The van der Waals surface area contributed by atoms with Crippen LogP contribution in [-0.4, -0.2) is 22.4 Å². The van der Waals surface area contributed by atoms with Gasteiger partial charge in [0.05, 0.1) is 5.69 Å². The second-order valence-corrected chi connectivity index (χ2v) is 5.27. The molecule has 3 rings (SSSR count). The lowest BCUT2D eigenvalue weighted by atomic mass is 10.0. The summed E-state index contributed by atoms with van der Waals surface area (Å²) >= 11 is 0. The molecule has 0 saturated heterocycles. The minimum absolute atomic E-state index is 0.631. The third kappa shape index (κ3) is 2.56. The van der Waals surface area contributed by atoms with Crippen LogP contribution in [-0.2, 0) is 0 Å². The minimum Gasteiger partial charge on any atom is -0.314 e. The average Bonchev–Trinajstić information content (AvgIpc) is 3.08. The van der Waals surface area contributed by atoms with Gasteiger partial charge in [-0.15, -0.1) is 0 Å². The van der Waals surface area contributed by atoms with Gasteiger partial charge >= 0.3 is 0 Å². The molecule has 0 bridgehead atoms. The summed E-state index contributed by atoms with van der Waals surface area (Å²) in [5.41, 5.74) is 2.51.